The summed E-state index contributed by atoms with van der Waals surface area (Å²) in [5, 5.41) is 14.1. The summed E-state index contributed by atoms with van der Waals surface area (Å²) < 4.78 is 6.73. The highest BCUT2D eigenvalue weighted by Gasteiger charge is 2.08. The Kier molecular flexibility index (Phi) is 4.67. The van der Waals surface area contributed by atoms with E-state index in [9.17, 15) is 9.90 Å². The number of H-pyrrole nitrogens is 1. The largest absolute Gasteiger partial charge is 0.504 e. The predicted molar refractivity (Wildman–Crippen MR) is 99.0 cm³/mol. The van der Waals surface area contributed by atoms with E-state index in [0.29, 0.717) is 39.2 Å². The lowest BCUT2D eigenvalue weighted by molar-refractivity contribution is 0.318. The van der Waals surface area contributed by atoms with E-state index in [1.807, 2.05) is 6.92 Å². The van der Waals surface area contributed by atoms with Crippen LogP contribution in [0.15, 0.2) is 47.3 Å². The number of nitrogens with zero attached hydrogens (tertiary/aromatic N) is 1. The summed E-state index contributed by atoms with van der Waals surface area (Å²) in [5.74, 6) is 0.417. The molecule has 2 N–H and O–H groups in total. The van der Waals surface area contributed by atoms with Crippen LogP contribution >= 0.6 is 11.6 Å². The molecule has 2 aromatic carbocycles. The Morgan fingerprint density at radius 3 is 2.80 bits per heavy atom. The molecule has 0 aliphatic heterocycles. The maximum Gasteiger partial charge on any atom is 0.279 e. The van der Waals surface area contributed by atoms with E-state index in [2.05, 4.69) is 11.7 Å². The summed E-state index contributed by atoms with van der Waals surface area (Å²) in [5.41, 5.74) is 1.01. The third-order valence-electron chi connectivity index (χ3n) is 3.69. The van der Waals surface area contributed by atoms with Gasteiger partial charge in [0.25, 0.3) is 5.56 Å². The van der Waals surface area contributed by atoms with E-state index in [0.717, 1.165) is 0 Å². The van der Waals surface area contributed by atoms with Crippen LogP contribution < -0.4 is 20.9 Å². The average Bonchev–Trinajstić information content (AvgIpc) is 2.86. The molecule has 0 saturated heterocycles. The summed E-state index contributed by atoms with van der Waals surface area (Å²) in [4.78, 5) is 12.7. The van der Waals surface area contributed by atoms with E-state index in [1.54, 1.807) is 42.5 Å². The molecule has 25 heavy (non-hydrogen) atoms. The monoisotopic (exact) mass is 356 g/mol. The molecule has 6 heteroatoms. The highest BCUT2D eigenvalue weighted by atomic mass is 35.5. The van der Waals surface area contributed by atoms with Gasteiger partial charge in [0, 0.05) is 0 Å². The van der Waals surface area contributed by atoms with E-state index in [-0.39, 0.29) is 11.3 Å². The number of aromatic amines is 1. The van der Waals surface area contributed by atoms with Crippen LogP contribution in [-0.2, 0) is 0 Å². The normalized spacial score (nSPS) is 11.7. The standard InChI is InChI=1S/C19H17ClN2O3/c1-3-25-18-11-13(8-9-17(18)23)10-14-12(2)21-22(19(14)24)16-7-5-4-6-15(16)20/h4-11,21,23H,2-3H2,1H3/b14-10-. The number of halogens is 1. The number of ether oxygens (including phenoxy) is 1. The zero-order chi connectivity index (χ0) is 18.0. The number of phenolic OH excluding ortho intramolecular Hbond substituents is 1. The van der Waals surface area contributed by atoms with Crippen LogP contribution in [0.4, 0.5) is 0 Å². The average molecular weight is 357 g/mol. The fraction of sp³-hybridized carbons (Fsp3) is 0.105. The molecule has 0 bridgehead atoms. The Morgan fingerprint density at radius 1 is 1.32 bits per heavy atom. The summed E-state index contributed by atoms with van der Waals surface area (Å²) in [7, 11) is 0. The number of rotatable bonds is 4. The molecular formula is C19H17ClN2O3. The van der Waals surface area contributed by atoms with Crippen molar-refractivity contribution in [3.63, 3.8) is 0 Å². The Morgan fingerprint density at radius 2 is 2.08 bits per heavy atom. The van der Waals surface area contributed by atoms with Gasteiger partial charge in [0.05, 0.1) is 27.9 Å². The molecule has 0 aliphatic carbocycles. The van der Waals surface area contributed by atoms with Gasteiger partial charge in [-0.25, -0.2) is 4.68 Å². The minimum absolute atomic E-state index is 0.0522. The number of nitrogens with one attached hydrogen (secondary N) is 1. The highest BCUT2D eigenvalue weighted by molar-refractivity contribution is 6.32. The molecule has 0 saturated carbocycles. The summed E-state index contributed by atoms with van der Waals surface area (Å²) in [6, 6.07) is 12.0. The maximum atomic E-state index is 12.7. The van der Waals surface area contributed by atoms with Gasteiger partial charge in [-0.05, 0) is 42.8 Å². The highest BCUT2D eigenvalue weighted by Crippen LogP contribution is 2.26. The second-order valence-electron chi connectivity index (χ2n) is 5.40. The minimum atomic E-state index is -0.260. The molecule has 3 rings (SSSR count). The van der Waals surface area contributed by atoms with Crippen molar-refractivity contribution in [2.45, 2.75) is 6.92 Å². The number of phenols is 1. The van der Waals surface area contributed by atoms with Gasteiger partial charge in [0.15, 0.2) is 11.5 Å². The Balaban J connectivity index is 2.15. The number of hydrogen-bond acceptors (Lipinski definition) is 3. The topological polar surface area (TPSA) is 67.2 Å². The van der Waals surface area contributed by atoms with E-state index < -0.39 is 0 Å². The molecule has 1 heterocycles. The van der Waals surface area contributed by atoms with Crippen molar-refractivity contribution >= 4 is 24.3 Å². The third kappa shape index (κ3) is 3.32. The number of benzene rings is 2. The quantitative estimate of drug-likeness (QED) is 0.752. The SMILES string of the molecule is C=c1[nH]n(-c2ccccc2Cl)c(=O)/c1=C\c1ccc(O)c(OCC)c1. The van der Waals surface area contributed by atoms with Crippen molar-refractivity contribution in [3.8, 4) is 17.2 Å². The van der Waals surface area contributed by atoms with Crippen molar-refractivity contribution in [3.05, 3.63) is 74.0 Å². The maximum absolute atomic E-state index is 12.7. The van der Waals surface area contributed by atoms with Crippen LogP contribution in [0.5, 0.6) is 11.5 Å². The van der Waals surface area contributed by atoms with Crippen LogP contribution in [0.1, 0.15) is 12.5 Å². The molecule has 3 aromatic rings. The molecule has 5 nitrogen and oxygen atoms in total. The summed E-state index contributed by atoms with van der Waals surface area (Å²) in [6.45, 7) is 6.16. The molecule has 128 valence electrons. The first-order valence-electron chi connectivity index (χ1n) is 7.73. The van der Waals surface area contributed by atoms with Crippen molar-refractivity contribution in [2.24, 2.45) is 0 Å². The molecular weight excluding hydrogens is 340 g/mol. The molecule has 0 aliphatic rings. The van der Waals surface area contributed by atoms with Crippen LogP contribution in [0.25, 0.3) is 18.3 Å². The lowest BCUT2D eigenvalue weighted by Crippen LogP contribution is -2.34. The third-order valence-corrected chi connectivity index (χ3v) is 4.01. The zero-order valence-corrected chi connectivity index (χ0v) is 14.4. The number of aromatic nitrogens is 2. The van der Waals surface area contributed by atoms with Gasteiger partial charge >= 0.3 is 0 Å². The summed E-state index contributed by atoms with van der Waals surface area (Å²) in [6.07, 6.45) is 1.69. The van der Waals surface area contributed by atoms with Crippen molar-refractivity contribution in [2.75, 3.05) is 6.61 Å². The molecule has 0 radical (unpaired) electrons. The first-order valence-corrected chi connectivity index (χ1v) is 8.11. The molecule has 0 fully saturated rings. The van der Waals surface area contributed by atoms with Crippen LogP contribution in [0, 0.1) is 0 Å². The van der Waals surface area contributed by atoms with Gasteiger partial charge in [-0.15, -0.1) is 0 Å². The van der Waals surface area contributed by atoms with Gasteiger partial charge < -0.3 is 9.84 Å². The smallest absolute Gasteiger partial charge is 0.279 e. The Labute approximate surface area is 149 Å². The van der Waals surface area contributed by atoms with Gasteiger partial charge in [-0.3, -0.25) is 9.89 Å². The molecule has 0 amide bonds. The minimum Gasteiger partial charge on any atom is -0.504 e. The van der Waals surface area contributed by atoms with Crippen LogP contribution in [0.3, 0.4) is 0 Å². The molecule has 0 unspecified atom stereocenters. The van der Waals surface area contributed by atoms with E-state index >= 15 is 0 Å². The lowest BCUT2D eigenvalue weighted by atomic mass is 10.1. The predicted octanol–water partition coefficient (Wildman–Crippen LogP) is 2.16. The first-order chi connectivity index (χ1) is 12.0. The van der Waals surface area contributed by atoms with Gasteiger partial charge in [-0.2, -0.15) is 0 Å². The first kappa shape index (κ1) is 16.9. The van der Waals surface area contributed by atoms with Crippen molar-refractivity contribution in [1.82, 2.24) is 9.78 Å². The second-order valence-corrected chi connectivity index (χ2v) is 5.81. The zero-order valence-electron chi connectivity index (χ0n) is 13.6. The number of hydrogen-bond donors (Lipinski definition) is 2. The van der Waals surface area contributed by atoms with E-state index in [1.165, 1.54) is 10.7 Å². The van der Waals surface area contributed by atoms with Crippen molar-refractivity contribution in [1.29, 1.82) is 0 Å². The fourth-order valence-corrected chi connectivity index (χ4v) is 2.73. The molecule has 0 spiro atoms. The molecule has 1 aromatic heterocycles. The van der Waals surface area contributed by atoms with Crippen molar-refractivity contribution < 1.29 is 9.84 Å². The van der Waals surface area contributed by atoms with Gasteiger partial charge in [0.1, 0.15) is 0 Å². The lowest BCUT2D eigenvalue weighted by Gasteiger charge is -2.05. The van der Waals surface area contributed by atoms with Crippen LogP contribution in [0.2, 0.25) is 5.02 Å². The molecule has 0 atom stereocenters. The second kappa shape index (κ2) is 6.91. The summed E-state index contributed by atoms with van der Waals surface area (Å²) >= 11 is 6.17. The van der Waals surface area contributed by atoms with Crippen LogP contribution in [-0.4, -0.2) is 21.5 Å². The number of para-hydroxylation sites is 1. The van der Waals surface area contributed by atoms with Gasteiger partial charge in [-0.1, -0.05) is 36.4 Å². The fourth-order valence-electron chi connectivity index (χ4n) is 2.51. The Hall–Kier alpha value is -2.92. The number of aromatic hydroxyl groups is 1. The Bertz CT molecular complexity index is 1080. The van der Waals surface area contributed by atoms with Gasteiger partial charge in [0.2, 0.25) is 0 Å². The van der Waals surface area contributed by atoms with E-state index in [4.69, 9.17) is 16.3 Å².